The number of ether oxygens (including phenoxy) is 2. The Morgan fingerprint density at radius 2 is 1.94 bits per heavy atom. The van der Waals surface area contributed by atoms with Crippen molar-refractivity contribution in [1.82, 2.24) is 14.6 Å². The van der Waals surface area contributed by atoms with Gasteiger partial charge in [-0.2, -0.15) is 13.7 Å². The second-order valence-corrected chi connectivity index (χ2v) is 8.71. The molecule has 11 heteroatoms. The maximum absolute atomic E-state index is 11.0. The summed E-state index contributed by atoms with van der Waals surface area (Å²) in [5.74, 6) is 1.18. The molecule has 2 aromatic rings. The van der Waals surface area contributed by atoms with Crippen molar-refractivity contribution in [2.24, 2.45) is 5.14 Å². The average molecular weight is 449 g/mol. The molecule has 1 aliphatic rings. The minimum atomic E-state index is -3.65. The summed E-state index contributed by atoms with van der Waals surface area (Å²) in [6.07, 6.45) is 3.20. The van der Waals surface area contributed by atoms with Gasteiger partial charge in [-0.15, -0.1) is 0 Å². The number of aromatic nitrogens is 1. The molecule has 0 radical (unpaired) electrons. The summed E-state index contributed by atoms with van der Waals surface area (Å²) in [6, 6.07) is 5.97. The lowest BCUT2D eigenvalue weighted by Gasteiger charge is -2.26. The van der Waals surface area contributed by atoms with Crippen molar-refractivity contribution in [2.45, 2.75) is 12.8 Å². The Labute approximate surface area is 182 Å². The second-order valence-electron chi connectivity index (χ2n) is 7.33. The van der Waals surface area contributed by atoms with Gasteiger partial charge in [0.1, 0.15) is 6.07 Å². The predicted molar refractivity (Wildman–Crippen MR) is 119 cm³/mol. The maximum atomic E-state index is 11.0. The highest BCUT2D eigenvalue weighted by Gasteiger charge is 2.21. The molecule has 1 aromatic carbocycles. The van der Waals surface area contributed by atoms with Crippen molar-refractivity contribution in [3.63, 3.8) is 0 Å². The number of benzene rings is 1. The number of fused-ring (bicyclic) bond motifs is 1. The van der Waals surface area contributed by atoms with Gasteiger partial charge in [0.2, 0.25) is 0 Å². The standard InChI is InChI=1S/C20H28N6O4S/c1-29-18-11-16-17(12-19(18)30-2)23-14-15(13-21)20(16)26-8-4-7-25(9-10-26)6-3-5-24-31(22,27)28/h11-12,14,24H,3-10H2,1-2H3,(H2,22,27,28). The average Bonchev–Trinajstić information content (AvgIpc) is 2.99. The largest absolute Gasteiger partial charge is 0.493 e. The summed E-state index contributed by atoms with van der Waals surface area (Å²) in [5.41, 5.74) is 2.11. The van der Waals surface area contributed by atoms with E-state index in [2.05, 4.69) is 25.6 Å². The van der Waals surface area contributed by atoms with Gasteiger partial charge in [-0.25, -0.2) is 9.86 Å². The van der Waals surface area contributed by atoms with E-state index in [1.807, 2.05) is 12.1 Å². The van der Waals surface area contributed by atoms with Crippen LogP contribution in [0.3, 0.4) is 0 Å². The van der Waals surface area contributed by atoms with Crippen molar-refractivity contribution < 1.29 is 17.9 Å². The Bertz CT molecular complexity index is 1070. The third kappa shape index (κ3) is 5.74. The lowest BCUT2D eigenvalue weighted by atomic mass is 10.1. The molecule has 1 fully saturated rings. The first-order valence-electron chi connectivity index (χ1n) is 10.1. The lowest BCUT2D eigenvalue weighted by molar-refractivity contribution is 0.290. The first-order chi connectivity index (χ1) is 14.9. The normalized spacial score (nSPS) is 15.5. The fraction of sp³-hybridized carbons (Fsp3) is 0.500. The molecule has 3 N–H and O–H groups in total. The predicted octanol–water partition coefficient (Wildman–Crippen LogP) is 0.819. The maximum Gasteiger partial charge on any atom is 0.274 e. The molecule has 31 heavy (non-hydrogen) atoms. The van der Waals surface area contributed by atoms with Gasteiger partial charge in [0.05, 0.1) is 31.0 Å². The van der Waals surface area contributed by atoms with Crippen molar-refractivity contribution in [3.8, 4) is 17.6 Å². The van der Waals surface area contributed by atoms with Gasteiger partial charge < -0.3 is 19.3 Å². The van der Waals surface area contributed by atoms with Gasteiger partial charge in [0, 0.05) is 43.8 Å². The number of methoxy groups -OCH3 is 2. The Hall–Kier alpha value is -2.65. The fourth-order valence-corrected chi connectivity index (χ4v) is 4.29. The van der Waals surface area contributed by atoms with E-state index in [9.17, 15) is 13.7 Å². The number of anilines is 1. The lowest BCUT2D eigenvalue weighted by Crippen LogP contribution is -2.35. The van der Waals surface area contributed by atoms with E-state index in [-0.39, 0.29) is 0 Å². The first-order valence-corrected chi connectivity index (χ1v) is 11.6. The summed E-state index contributed by atoms with van der Waals surface area (Å²) in [5, 5.41) is 15.5. The first kappa shape index (κ1) is 23.0. The molecule has 0 spiro atoms. The van der Waals surface area contributed by atoms with Crippen LogP contribution in [0.4, 0.5) is 5.69 Å². The van der Waals surface area contributed by atoms with Gasteiger partial charge in [-0.05, 0) is 32.0 Å². The van der Waals surface area contributed by atoms with Gasteiger partial charge in [-0.1, -0.05) is 0 Å². The Morgan fingerprint density at radius 1 is 1.19 bits per heavy atom. The number of nitrogens with two attached hydrogens (primary N) is 1. The zero-order valence-corrected chi connectivity index (χ0v) is 18.6. The zero-order chi connectivity index (χ0) is 22.4. The topological polar surface area (TPSA) is 134 Å². The van der Waals surface area contributed by atoms with E-state index in [1.165, 1.54) is 0 Å². The molecule has 3 rings (SSSR count). The SMILES string of the molecule is COc1cc2ncc(C#N)c(N3CCCN(CCCNS(N)(=O)=O)CC3)c2cc1OC. The third-order valence-corrected chi connectivity index (χ3v) is 5.93. The van der Waals surface area contributed by atoms with E-state index < -0.39 is 10.2 Å². The number of hydrogen-bond acceptors (Lipinski definition) is 8. The molecule has 2 heterocycles. The Balaban J connectivity index is 1.80. The molecule has 10 nitrogen and oxygen atoms in total. The van der Waals surface area contributed by atoms with Gasteiger partial charge in [0.15, 0.2) is 11.5 Å². The van der Waals surface area contributed by atoms with E-state index in [0.29, 0.717) is 30.0 Å². The number of nitrogens with zero attached hydrogens (tertiary/aromatic N) is 4. The number of rotatable bonds is 8. The Kier molecular flexibility index (Phi) is 7.50. The summed E-state index contributed by atoms with van der Waals surface area (Å²) in [4.78, 5) is 8.95. The smallest absolute Gasteiger partial charge is 0.274 e. The minimum absolute atomic E-state index is 0.314. The van der Waals surface area contributed by atoms with Crippen LogP contribution < -0.4 is 24.2 Å². The highest BCUT2D eigenvalue weighted by atomic mass is 32.2. The monoisotopic (exact) mass is 448 g/mol. The number of pyridine rings is 1. The molecule has 0 bridgehead atoms. The van der Waals surface area contributed by atoms with Crippen LogP contribution in [0.2, 0.25) is 0 Å². The van der Waals surface area contributed by atoms with Crippen LogP contribution in [0.15, 0.2) is 18.3 Å². The molecule has 1 saturated heterocycles. The van der Waals surface area contributed by atoms with Gasteiger partial charge in [0.25, 0.3) is 10.2 Å². The molecule has 1 aromatic heterocycles. The van der Waals surface area contributed by atoms with Crippen molar-refractivity contribution >= 4 is 26.8 Å². The minimum Gasteiger partial charge on any atom is -0.493 e. The molecule has 0 atom stereocenters. The number of nitrogens with one attached hydrogen (secondary N) is 1. The highest BCUT2D eigenvalue weighted by molar-refractivity contribution is 7.87. The van der Waals surface area contributed by atoms with Crippen LogP contribution in [-0.4, -0.2) is 71.8 Å². The van der Waals surface area contributed by atoms with Crippen LogP contribution in [0.25, 0.3) is 10.9 Å². The fourth-order valence-electron chi connectivity index (χ4n) is 3.86. The summed E-state index contributed by atoms with van der Waals surface area (Å²) < 4.78 is 35.1. The van der Waals surface area contributed by atoms with E-state index in [1.54, 1.807) is 20.4 Å². The molecular formula is C20H28N6O4S. The van der Waals surface area contributed by atoms with Crippen LogP contribution in [0.1, 0.15) is 18.4 Å². The van der Waals surface area contributed by atoms with Crippen LogP contribution >= 0.6 is 0 Å². The quantitative estimate of drug-likeness (QED) is 0.567. The second kappa shape index (κ2) is 10.1. The van der Waals surface area contributed by atoms with E-state index >= 15 is 0 Å². The molecular weight excluding hydrogens is 420 g/mol. The number of hydrogen-bond donors (Lipinski definition) is 2. The molecule has 0 saturated carbocycles. The van der Waals surface area contributed by atoms with E-state index in [0.717, 1.165) is 55.7 Å². The third-order valence-electron chi connectivity index (χ3n) is 5.32. The van der Waals surface area contributed by atoms with Crippen molar-refractivity contribution in [1.29, 1.82) is 5.26 Å². The van der Waals surface area contributed by atoms with Gasteiger partial charge >= 0.3 is 0 Å². The molecule has 0 unspecified atom stereocenters. The van der Waals surface area contributed by atoms with Crippen LogP contribution in [0.5, 0.6) is 11.5 Å². The molecule has 0 aliphatic carbocycles. The van der Waals surface area contributed by atoms with Crippen molar-refractivity contribution in [2.75, 3.05) is 58.4 Å². The molecule has 0 amide bonds. The Morgan fingerprint density at radius 3 is 2.61 bits per heavy atom. The van der Waals surface area contributed by atoms with Gasteiger partial charge in [-0.3, -0.25) is 4.98 Å². The highest BCUT2D eigenvalue weighted by Crippen LogP contribution is 2.37. The van der Waals surface area contributed by atoms with Crippen LogP contribution in [0, 0.1) is 11.3 Å². The number of nitriles is 1. The van der Waals surface area contributed by atoms with Crippen LogP contribution in [-0.2, 0) is 10.2 Å². The summed E-state index contributed by atoms with van der Waals surface area (Å²) in [6.45, 7) is 4.32. The summed E-state index contributed by atoms with van der Waals surface area (Å²) in [7, 11) is -0.489. The zero-order valence-electron chi connectivity index (χ0n) is 17.8. The summed E-state index contributed by atoms with van der Waals surface area (Å²) >= 11 is 0. The molecule has 1 aliphatic heterocycles. The molecule has 168 valence electrons. The van der Waals surface area contributed by atoms with Crippen molar-refractivity contribution in [3.05, 3.63) is 23.9 Å². The van der Waals surface area contributed by atoms with E-state index in [4.69, 9.17) is 14.6 Å².